The number of pyridine rings is 1. The summed E-state index contributed by atoms with van der Waals surface area (Å²) >= 11 is 0. The second kappa shape index (κ2) is 11.4. The van der Waals surface area contributed by atoms with E-state index in [1.54, 1.807) is 25.1 Å². The van der Waals surface area contributed by atoms with Crippen molar-refractivity contribution in [2.24, 2.45) is 5.92 Å². The number of hydrogen-bond donors (Lipinski definition) is 2. The number of amides is 1. The first-order valence-electron chi connectivity index (χ1n) is 15.4. The van der Waals surface area contributed by atoms with Crippen LogP contribution in [0.15, 0.2) is 48.5 Å². The van der Waals surface area contributed by atoms with Crippen LogP contribution in [0.25, 0.3) is 22.2 Å². The summed E-state index contributed by atoms with van der Waals surface area (Å²) in [6.45, 7) is -1.07. The summed E-state index contributed by atoms with van der Waals surface area (Å²) < 4.78 is 80.5. The van der Waals surface area contributed by atoms with E-state index >= 15 is 0 Å². The van der Waals surface area contributed by atoms with E-state index in [0.29, 0.717) is 35.2 Å². The molecule has 8 nitrogen and oxygen atoms in total. The molecule has 13 heteroatoms. The summed E-state index contributed by atoms with van der Waals surface area (Å²) in [5.41, 5.74) is -2.44. The van der Waals surface area contributed by atoms with Crippen molar-refractivity contribution in [2.75, 3.05) is 26.5 Å². The Morgan fingerprint density at radius 1 is 1.04 bits per heavy atom. The van der Waals surface area contributed by atoms with E-state index in [2.05, 4.69) is 20.5 Å². The number of aryl methyl sites for hydroxylation is 1. The molecule has 1 unspecified atom stereocenters. The standard InChI is InChI=1S/C34H31F5N4O4/c1-18-10-20-11-21(12-26(28(20)43-42-18)47-24-8-9-24)31(44)40-16-33(45,22-6-7-22)27-13-25-30(46-17-32(25,14-35)15-36)29(41-27)19-2-4-23(5-3-19)34(37,38)39/h2-5,10-13,22,24,45H,6-9,14-17H2,1H3,(H,40,44). The number of ether oxygens (including phenoxy) is 2. The smallest absolute Gasteiger partial charge is 0.416 e. The molecule has 2 aromatic carbocycles. The Bertz CT molecular complexity index is 1860. The molecule has 2 fully saturated rings. The second-order valence-electron chi connectivity index (χ2n) is 12.7. The van der Waals surface area contributed by atoms with Crippen molar-refractivity contribution in [3.8, 4) is 22.8 Å². The second-order valence-corrected chi connectivity index (χ2v) is 12.7. The first kappa shape index (κ1) is 31.2. The Morgan fingerprint density at radius 3 is 2.40 bits per heavy atom. The molecule has 4 aromatic rings. The van der Waals surface area contributed by atoms with E-state index in [9.17, 15) is 31.9 Å². The van der Waals surface area contributed by atoms with Crippen molar-refractivity contribution in [2.45, 2.75) is 55.9 Å². The van der Waals surface area contributed by atoms with Gasteiger partial charge in [-0.1, -0.05) is 12.1 Å². The number of aliphatic hydroxyl groups is 1. The SMILES string of the molecule is Cc1cc2cc(C(=O)NCC(O)(c3cc4c(c(-c5ccc(C(F)(F)F)cc5)n3)OCC4(CF)CF)C3CC3)cc(OC3CC3)c2nn1. The van der Waals surface area contributed by atoms with Gasteiger partial charge in [0.25, 0.3) is 5.91 Å². The molecule has 7 rings (SSSR count). The van der Waals surface area contributed by atoms with Gasteiger partial charge in [-0.2, -0.15) is 18.3 Å². The lowest BCUT2D eigenvalue weighted by Crippen LogP contribution is -2.43. The third-order valence-corrected chi connectivity index (χ3v) is 9.11. The van der Waals surface area contributed by atoms with Gasteiger partial charge in [-0.3, -0.25) is 4.79 Å². The number of halogens is 5. The van der Waals surface area contributed by atoms with Crippen LogP contribution < -0.4 is 14.8 Å². The minimum absolute atomic E-state index is 0.0351. The predicted molar refractivity (Wildman–Crippen MR) is 161 cm³/mol. The van der Waals surface area contributed by atoms with Crippen LogP contribution in [0.1, 0.15) is 58.6 Å². The van der Waals surface area contributed by atoms with Crippen LogP contribution in [-0.2, 0) is 17.2 Å². The molecule has 2 N–H and O–H groups in total. The van der Waals surface area contributed by atoms with Crippen molar-refractivity contribution < 1.29 is 41.3 Å². The van der Waals surface area contributed by atoms with Gasteiger partial charge in [0.1, 0.15) is 48.3 Å². The molecule has 2 aliphatic carbocycles. The highest BCUT2D eigenvalue weighted by molar-refractivity contribution is 6.00. The largest absolute Gasteiger partial charge is 0.490 e. The quantitative estimate of drug-likeness (QED) is 0.198. The normalized spacial score (nSPS) is 18.4. The van der Waals surface area contributed by atoms with Crippen LogP contribution in [0.5, 0.6) is 11.5 Å². The van der Waals surface area contributed by atoms with Crippen molar-refractivity contribution in [1.82, 2.24) is 20.5 Å². The van der Waals surface area contributed by atoms with Gasteiger partial charge in [0, 0.05) is 22.1 Å². The number of nitrogens with zero attached hydrogens (tertiary/aromatic N) is 3. The number of carbonyl (C=O) groups is 1. The number of benzene rings is 2. The Morgan fingerprint density at radius 2 is 1.77 bits per heavy atom. The first-order chi connectivity index (χ1) is 22.4. The topological polar surface area (TPSA) is 106 Å². The summed E-state index contributed by atoms with van der Waals surface area (Å²) in [4.78, 5) is 18.2. The van der Waals surface area contributed by atoms with Gasteiger partial charge in [-0.25, -0.2) is 13.8 Å². The summed E-state index contributed by atoms with van der Waals surface area (Å²) in [6.07, 6.45) is -1.55. The lowest BCUT2D eigenvalue weighted by atomic mass is 9.82. The fraction of sp³-hybridized carbons (Fsp3) is 0.412. The minimum Gasteiger partial charge on any atom is -0.490 e. The molecule has 1 amide bonds. The Balaban J connectivity index is 1.25. The molecule has 1 atom stereocenters. The van der Waals surface area contributed by atoms with Crippen molar-refractivity contribution >= 4 is 16.8 Å². The molecular formula is C34H31F5N4O4. The molecule has 1 aliphatic heterocycles. The summed E-state index contributed by atoms with van der Waals surface area (Å²) in [7, 11) is 0. The zero-order valence-electron chi connectivity index (χ0n) is 25.3. The van der Waals surface area contributed by atoms with E-state index in [1.165, 1.54) is 18.2 Å². The van der Waals surface area contributed by atoms with Crippen molar-refractivity contribution in [3.63, 3.8) is 0 Å². The maximum absolute atomic E-state index is 14.4. The number of aromatic nitrogens is 3. The maximum Gasteiger partial charge on any atom is 0.416 e. The molecule has 0 radical (unpaired) electrons. The zero-order chi connectivity index (χ0) is 33.1. The lowest BCUT2D eigenvalue weighted by molar-refractivity contribution is -0.137. The van der Waals surface area contributed by atoms with Gasteiger partial charge in [0.15, 0.2) is 0 Å². The number of carbonyl (C=O) groups excluding carboxylic acids is 1. The molecule has 0 saturated heterocycles. The molecule has 0 spiro atoms. The number of nitrogens with one attached hydrogen (secondary N) is 1. The van der Waals surface area contributed by atoms with Gasteiger partial charge in [0.05, 0.1) is 35.0 Å². The Hall–Kier alpha value is -4.39. The van der Waals surface area contributed by atoms with E-state index in [1.807, 2.05) is 0 Å². The molecule has 47 heavy (non-hydrogen) atoms. The Labute approximate surface area is 266 Å². The van der Waals surface area contributed by atoms with Crippen molar-refractivity contribution in [1.29, 1.82) is 0 Å². The molecule has 3 heterocycles. The van der Waals surface area contributed by atoms with Gasteiger partial charge < -0.3 is 19.9 Å². The average molecular weight is 655 g/mol. The first-order valence-corrected chi connectivity index (χ1v) is 15.4. The van der Waals surface area contributed by atoms with Gasteiger partial charge in [-0.15, -0.1) is 5.10 Å². The van der Waals surface area contributed by atoms with Crippen LogP contribution in [0.2, 0.25) is 0 Å². The third-order valence-electron chi connectivity index (χ3n) is 9.11. The van der Waals surface area contributed by atoms with Gasteiger partial charge in [0.2, 0.25) is 0 Å². The summed E-state index contributed by atoms with van der Waals surface area (Å²) in [6, 6.07) is 10.6. The van der Waals surface area contributed by atoms with Crippen LogP contribution in [0.4, 0.5) is 22.0 Å². The fourth-order valence-electron chi connectivity index (χ4n) is 5.99. The molecule has 246 valence electrons. The highest BCUT2D eigenvalue weighted by Gasteiger charge is 2.50. The van der Waals surface area contributed by atoms with Crippen LogP contribution >= 0.6 is 0 Å². The van der Waals surface area contributed by atoms with E-state index < -0.39 is 42.0 Å². The molecular weight excluding hydrogens is 623 g/mol. The van der Waals surface area contributed by atoms with Crippen LogP contribution in [0, 0.1) is 12.8 Å². The third kappa shape index (κ3) is 5.74. The van der Waals surface area contributed by atoms with E-state index in [-0.39, 0.29) is 59.0 Å². The summed E-state index contributed by atoms with van der Waals surface area (Å²) in [5.74, 6) is -0.376. The maximum atomic E-state index is 14.4. The fourth-order valence-corrected chi connectivity index (χ4v) is 5.99. The van der Waals surface area contributed by atoms with E-state index in [0.717, 1.165) is 25.0 Å². The van der Waals surface area contributed by atoms with E-state index in [4.69, 9.17) is 9.47 Å². The molecule has 2 aromatic heterocycles. The van der Waals surface area contributed by atoms with Crippen molar-refractivity contribution in [3.05, 3.63) is 76.6 Å². The molecule has 0 bridgehead atoms. The number of rotatable bonds is 10. The molecule has 2 saturated carbocycles. The highest BCUT2D eigenvalue weighted by Crippen LogP contribution is 2.50. The van der Waals surface area contributed by atoms with Gasteiger partial charge in [-0.05, 0) is 74.9 Å². The number of hydrogen-bond acceptors (Lipinski definition) is 7. The van der Waals surface area contributed by atoms with Crippen LogP contribution in [0.3, 0.4) is 0 Å². The molecule has 3 aliphatic rings. The Kier molecular flexibility index (Phi) is 7.57. The zero-order valence-corrected chi connectivity index (χ0v) is 25.3. The van der Waals surface area contributed by atoms with Crippen LogP contribution in [-0.4, -0.2) is 58.8 Å². The number of fused-ring (bicyclic) bond motifs is 2. The monoisotopic (exact) mass is 654 g/mol. The minimum atomic E-state index is -4.57. The lowest BCUT2D eigenvalue weighted by Gasteiger charge is -2.30. The average Bonchev–Trinajstić information content (AvgIpc) is 4.01. The van der Waals surface area contributed by atoms with Gasteiger partial charge >= 0.3 is 6.18 Å². The highest BCUT2D eigenvalue weighted by atomic mass is 19.4. The predicted octanol–water partition coefficient (Wildman–Crippen LogP) is 6.16. The number of alkyl halides is 5. The summed E-state index contributed by atoms with van der Waals surface area (Å²) in [5, 5.41) is 24.0.